The summed E-state index contributed by atoms with van der Waals surface area (Å²) >= 11 is 0. The zero-order valence-electron chi connectivity index (χ0n) is 8.85. The average molecular weight is 212 g/mol. The van der Waals surface area contributed by atoms with Crippen LogP contribution in [0.15, 0.2) is 4.42 Å². The summed E-state index contributed by atoms with van der Waals surface area (Å²) in [6, 6.07) is 0.600. The Bertz CT molecular complexity index is 309. The molecular weight excluding hydrogens is 196 g/mol. The van der Waals surface area contributed by atoms with Crippen molar-refractivity contribution in [3.8, 4) is 0 Å². The summed E-state index contributed by atoms with van der Waals surface area (Å²) in [5, 5.41) is 7.46. The Kier molecular flexibility index (Phi) is 3.05. The second kappa shape index (κ2) is 4.48. The van der Waals surface area contributed by atoms with E-state index >= 15 is 0 Å². The maximum Gasteiger partial charge on any atom is 0.319 e. The molecule has 0 spiro atoms. The molecule has 1 saturated heterocycles. The Morgan fingerprint density at radius 2 is 2.13 bits per heavy atom. The third kappa shape index (κ3) is 2.59. The normalized spacial score (nSPS) is 17.9. The van der Waals surface area contributed by atoms with E-state index in [9.17, 15) is 0 Å². The maximum atomic E-state index is 5.36. The molecule has 0 aliphatic carbocycles. The predicted molar refractivity (Wildman–Crippen MR) is 55.5 cm³/mol. The van der Waals surface area contributed by atoms with Gasteiger partial charge in [0.05, 0.1) is 0 Å². The third-order valence-corrected chi connectivity index (χ3v) is 2.63. The van der Waals surface area contributed by atoms with E-state index in [2.05, 4.69) is 10.2 Å². The van der Waals surface area contributed by atoms with Gasteiger partial charge in [-0.2, -0.15) is 0 Å². The van der Waals surface area contributed by atoms with Crippen LogP contribution in [-0.4, -0.2) is 37.0 Å². The molecule has 0 saturated carbocycles. The standard InChI is InChI=1S/C9H16N4O2/c1-13(9-12-11-8(10)15-9)6-7-2-4-14-5-3-7/h7H,2-6H2,1H3,(H2,10,11). The van der Waals surface area contributed by atoms with Crippen LogP contribution in [0.25, 0.3) is 0 Å². The van der Waals surface area contributed by atoms with Gasteiger partial charge in [0.1, 0.15) is 0 Å². The lowest BCUT2D eigenvalue weighted by Crippen LogP contribution is -2.29. The van der Waals surface area contributed by atoms with E-state index < -0.39 is 0 Å². The van der Waals surface area contributed by atoms with E-state index in [1.807, 2.05) is 11.9 Å². The number of nitrogen functional groups attached to an aromatic ring is 1. The number of aromatic nitrogens is 2. The molecule has 2 rings (SSSR count). The van der Waals surface area contributed by atoms with E-state index in [0.29, 0.717) is 11.9 Å². The second-order valence-corrected chi connectivity index (χ2v) is 3.86. The van der Waals surface area contributed by atoms with E-state index in [4.69, 9.17) is 14.9 Å². The quantitative estimate of drug-likeness (QED) is 0.786. The lowest BCUT2D eigenvalue weighted by molar-refractivity contribution is 0.0683. The summed E-state index contributed by atoms with van der Waals surface area (Å²) in [4.78, 5) is 1.94. The summed E-state index contributed by atoms with van der Waals surface area (Å²) in [5.74, 6) is 0.636. The van der Waals surface area contributed by atoms with E-state index in [1.54, 1.807) is 0 Å². The van der Waals surface area contributed by atoms with Crippen molar-refractivity contribution in [3.05, 3.63) is 0 Å². The first kappa shape index (κ1) is 10.2. The molecule has 6 nitrogen and oxygen atoms in total. The minimum atomic E-state index is 0.115. The molecule has 15 heavy (non-hydrogen) atoms. The first-order chi connectivity index (χ1) is 7.25. The van der Waals surface area contributed by atoms with Crippen molar-refractivity contribution in [2.45, 2.75) is 12.8 Å². The Labute approximate surface area is 88.4 Å². The average Bonchev–Trinajstić information content (AvgIpc) is 2.66. The molecule has 0 radical (unpaired) electrons. The van der Waals surface area contributed by atoms with Gasteiger partial charge in [-0.1, -0.05) is 10.2 Å². The molecule has 1 fully saturated rings. The molecule has 0 aromatic carbocycles. The zero-order valence-corrected chi connectivity index (χ0v) is 8.85. The van der Waals surface area contributed by atoms with Crippen molar-refractivity contribution >= 4 is 12.0 Å². The van der Waals surface area contributed by atoms with Crippen molar-refractivity contribution in [2.75, 3.05) is 37.4 Å². The summed E-state index contributed by atoms with van der Waals surface area (Å²) in [6.45, 7) is 2.61. The maximum absolute atomic E-state index is 5.36. The molecule has 1 aromatic heterocycles. The predicted octanol–water partition coefficient (Wildman–Crippen LogP) is 0.515. The lowest BCUT2D eigenvalue weighted by Gasteiger charge is -2.25. The molecule has 2 N–H and O–H groups in total. The van der Waals surface area contributed by atoms with Gasteiger partial charge in [0.25, 0.3) is 0 Å². The zero-order chi connectivity index (χ0) is 10.7. The molecular formula is C9H16N4O2. The number of anilines is 2. The van der Waals surface area contributed by atoms with E-state index in [0.717, 1.165) is 32.6 Å². The minimum absolute atomic E-state index is 0.115. The summed E-state index contributed by atoms with van der Waals surface area (Å²) in [6.07, 6.45) is 2.18. The van der Waals surface area contributed by atoms with Crippen molar-refractivity contribution in [2.24, 2.45) is 5.92 Å². The Balaban J connectivity index is 1.88. The van der Waals surface area contributed by atoms with Crippen LogP contribution in [0.2, 0.25) is 0 Å². The number of rotatable bonds is 3. The second-order valence-electron chi connectivity index (χ2n) is 3.86. The van der Waals surface area contributed by atoms with Gasteiger partial charge in [0.15, 0.2) is 0 Å². The van der Waals surface area contributed by atoms with Crippen LogP contribution in [-0.2, 0) is 4.74 Å². The largest absolute Gasteiger partial charge is 0.390 e. The number of nitrogens with zero attached hydrogens (tertiary/aromatic N) is 3. The molecule has 1 aromatic rings. The molecule has 84 valence electrons. The molecule has 0 amide bonds. The Hall–Kier alpha value is -1.30. The highest BCUT2D eigenvalue weighted by Crippen LogP contribution is 2.19. The molecule has 0 atom stereocenters. The molecule has 1 aliphatic heterocycles. The van der Waals surface area contributed by atoms with Crippen LogP contribution < -0.4 is 10.6 Å². The first-order valence-electron chi connectivity index (χ1n) is 5.13. The van der Waals surface area contributed by atoms with Crippen LogP contribution in [0.1, 0.15) is 12.8 Å². The highest BCUT2D eigenvalue weighted by atomic mass is 16.5. The van der Waals surface area contributed by atoms with E-state index in [1.165, 1.54) is 0 Å². The van der Waals surface area contributed by atoms with Gasteiger partial charge in [-0.25, -0.2) is 0 Å². The molecule has 2 heterocycles. The Morgan fingerprint density at radius 1 is 1.40 bits per heavy atom. The molecule has 0 unspecified atom stereocenters. The first-order valence-corrected chi connectivity index (χ1v) is 5.13. The third-order valence-electron chi connectivity index (χ3n) is 2.63. The minimum Gasteiger partial charge on any atom is -0.390 e. The van der Waals surface area contributed by atoms with E-state index in [-0.39, 0.29) is 6.01 Å². The fraction of sp³-hybridized carbons (Fsp3) is 0.778. The lowest BCUT2D eigenvalue weighted by atomic mass is 10.0. The Morgan fingerprint density at radius 3 is 2.73 bits per heavy atom. The fourth-order valence-electron chi connectivity index (χ4n) is 1.78. The highest BCUT2D eigenvalue weighted by Gasteiger charge is 2.18. The molecule has 0 bridgehead atoms. The van der Waals surface area contributed by atoms with Gasteiger partial charge in [-0.3, -0.25) is 0 Å². The van der Waals surface area contributed by atoms with Gasteiger partial charge >= 0.3 is 12.0 Å². The molecule has 1 aliphatic rings. The van der Waals surface area contributed by atoms with Crippen LogP contribution in [0, 0.1) is 5.92 Å². The van der Waals surface area contributed by atoms with Gasteiger partial charge in [-0.15, -0.1) is 0 Å². The summed E-state index contributed by atoms with van der Waals surface area (Å²) in [5.41, 5.74) is 5.36. The monoisotopic (exact) mass is 212 g/mol. The highest BCUT2D eigenvalue weighted by molar-refractivity contribution is 5.26. The smallest absolute Gasteiger partial charge is 0.319 e. The van der Waals surface area contributed by atoms with Crippen molar-refractivity contribution < 1.29 is 9.15 Å². The van der Waals surface area contributed by atoms with Gasteiger partial charge in [0, 0.05) is 26.8 Å². The number of ether oxygens (including phenoxy) is 1. The van der Waals surface area contributed by atoms with Gasteiger partial charge in [0.2, 0.25) is 0 Å². The van der Waals surface area contributed by atoms with Gasteiger partial charge < -0.3 is 19.8 Å². The number of hydrogen-bond acceptors (Lipinski definition) is 6. The number of nitrogens with two attached hydrogens (primary N) is 1. The number of hydrogen-bond donors (Lipinski definition) is 1. The van der Waals surface area contributed by atoms with Crippen LogP contribution in [0.3, 0.4) is 0 Å². The van der Waals surface area contributed by atoms with Crippen LogP contribution in [0.5, 0.6) is 0 Å². The SMILES string of the molecule is CN(CC1CCOCC1)c1nnc(N)o1. The fourth-order valence-corrected chi connectivity index (χ4v) is 1.78. The van der Waals surface area contributed by atoms with Gasteiger partial charge in [-0.05, 0) is 18.8 Å². The summed E-state index contributed by atoms with van der Waals surface area (Å²) < 4.78 is 10.4. The van der Waals surface area contributed by atoms with Crippen molar-refractivity contribution in [1.29, 1.82) is 0 Å². The summed E-state index contributed by atoms with van der Waals surface area (Å²) in [7, 11) is 1.93. The topological polar surface area (TPSA) is 77.4 Å². The van der Waals surface area contributed by atoms with Crippen molar-refractivity contribution in [1.82, 2.24) is 10.2 Å². The molecule has 6 heteroatoms. The van der Waals surface area contributed by atoms with Crippen LogP contribution >= 0.6 is 0 Å². The van der Waals surface area contributed by atoms with Crippen molar-refractivity contribution in [3.63, 3.8) is 0 Å². The van der Waals surface area contributed by atoms with Crippen LogP contribution in [0.4, 0.5) is 12.0 Å².